The van der Waals surface area contributed by atoms with E-state index < -0.39 is 0 Å². The number of hydrogen-bond donors (Lipinski definition) is 0. The van der Waals surface area contributed by atoms with Gasteiger partial charge < -0.3 is 0 Å². The Kier molecular flexibility index (Phi) is 8.01. The van der Waals surface area contributed by atoms with Gasteiger partial charge in [-0.15, -0.1) is 11.3 Å². The van der Waals surface area contributed by atoms with Crippen LogP contribution in [0.3, 0.4) is 0 Å². The maximum absolute atomic E-state index is 5.22. The van der Waals surface area contributed by atoms with Crippen molar-refractivity contribution in [2.24, 2.45) is 0 Å². The van der Waals surface area contributed by atoms with E-state index in [2.05, 4.69) is 182 Å². The van der Waals surface area contributed by atoms with E-state index in [1.807, 2.05) is 18.2 Å². The van der Waals surface area contributed by atoms with E-state index in [1.165, 1.54) is 69.5 Å². The number of rotatable bonds is 6. The highest BCUT2D eigenvalue weighted by Crippen LogP contribution is 2.41. The van der Waals surface area contributed by atoms with Gasteiger partial charge in [0, 0.05) is 36.9 Å². The molecule has 0 radical (unpaired) electrons. The van der Waals surface area contributed by atoms with Crippen LogP contribution in [0.5, 0.6) is 0 Å². The largest absolute Gasteiger partial charge is 0.208 e. The van der Waals surface area contributed by atoms with Gasteiger partial charge in [0.05, 0.1) is 0 Å². The highest BCUT2D eigenvalue weighted by Gasteiger charge is 2.18. The molecule has 0 aliphatic heterocycles. The topological polar surface area (TPSA) is 38.7 Å². The summed E-state index contributed by atoms with van der Waals surface area (Å²) in [6.45, 7) is 0. The molecule has 11 rings (SSSR count). The molecule has 0 aliphatic carbocycles. The molecule has 0 N–H and O–H groups in total. The van der Waals surface area contributed by atoms with Crippen LogP contribution in [0.1, 0.15) is 0 Å². The van der Waals surface area contributed by atoms with Crippen molar-refractivity contribution in [3.05, 3.63) is 200 Å². The summed E-state index contributed by atoms with van der Waals surface area (Å²) in [4.78, 5) is 15.4. The zero-order chi connectivity index (χ0) is 37.7. The van der Waals surface area contributed by atoms with Crippen LogP contribution >= 0.6 is 11.3 Å². The third-order valence-electron chi connectivity index (χ3n) is 10.9. The number of aromatic nitrogens is 3. The van der Waals surface area contributed by atoms with Gasteiger partial charge in [-0.2, -0.15) is 0 Å². The van der Waals surface area contributed by atoms with Gasteiger partial charge >= 0.3 is 0 Å². The van der Waals surface area contributed by atoms with Gasteiger partial charge in [0.25, 0.3) is 0 Å². The minimum Gasteiger partial charge on any atom is -0.208 e. The SMILES string of the molecule is c1ccc(-c2cccc(-c3ccc4cc(-c5cccc(-c6nc(-c7ccccc7)nc(-c7cccc8c7sc7ccccc78)n6)c5)c5ccccc5c4c3)c2)cc1. The first-order valence-electron chi connectivity index (χ1n) is 19.2. The molecular weight excluding hydrogens is 711 g/mol. The quantitative estimate of drug-likeness (QED) is 0.159. The average Bonchev–Trinajstić information content (AvgIpc) is 3.68. The second kappa shape index (κ2) is 13.8. The average molecular weight is 744 g/mol. The Bertz CT molecular complexity index is 3300. The predicted octanol–water partition coefficient (Wildman–Crippen LogP) is 14.5. The number of fused-ring (bicyclic) bond motifs is 6. The number of thiophene rings is 1. The summed E-state index contributed by atoms with van der Waals surface area (Å²) in [5.74, 6) is 1.97. The molecule has 2 aromatic heterocycles. The summed E-state index contributed by atoms with van der Waals surface area (Å²) in [5.41, 5.74) is 10.0. The van der Waals surface area contributed by atoms with E-state index in [9.17, 15) is 0 Å². The lowest BCUT2D eigenvalue weighted by molar-refractivity contribution is 1.08. The van der Waals surface area contributed by atoms with Crippen molar-refractivity contribution in [1.29, 1.82) is 0 Å². The van der Waals surface area contributed by atoms with Gasteiger partial charge in [0.1, 0.15) is 0 Å². The highest BCUT2D eigenvalue weighted by atomic mass is 32.1. The van der Waals surface area contributed by atoms with Crippen molar-refractivity contribution in [1.82, 2.24) is 15.0 Å². The zero-order valence-corrected chi connectivity index (χ0v) is 31.6. The second-order valence-electron chi connectivity index (χ2n) is 14.4. The van der Waals surface area contributed by atoms with Crippen LogP contribution in [-0.4, -0.2) is 15.0 Å². The molecule has 2 heterocycles. The molecule has 3 nitrogen and oxygen atoms in total. The first-order valence-corrected chi connectivity index (χ1v) is 20.0. The standard InChI is InChI=1S/C53H33N3S/c1-3-14-34(15-4-1)36-18-11-19-37(30-36)38-28-29-40-33-48(43-23-8-7-22-42(43)47(40)32-38)39-20-12-21-41(31-39)52-54-51(35-16-5-2-6-17-35)55-53(56-52)46-26-13-25-45-44-24-9-10-27-49(44)57-50(45)46/h1-33H. The highest BCUT2D eigenvalue weighted by molar-refractivity contribution is 7.26. The Hall–Kier alpha value is -7.27. The number of hydrogen-bond acceptors (Lipinski definition) is 4. The van der Waals surface area contributed by atoms with Crippen molar-refractivity contribution in [3.8, 4) is 67.5 Å². The molecule has 57 heavy (non-hydrogen) atoms. The van der Waals surface area contributed by atoms with Gasteiger partial charge in [-0.25, -0.2) is 15.0 Å². The molecule has 266 valence electrons. The Labute approximate surface area is 334 Å². The Morgan fingerprint density at radius 3 is 1.63 bits per heavy atom. The first-order chi connectivity index (χ1) is 28.2. The normalized spacial score (nSPS) is 11.5. The van der Waals surface area contributed by atoms with Crippen LogP contribution in [0, 0.1) is 0 Å². The van der Waals surface area contributed by atoms with Gasteiger partial charge in [-0.05, 0) is 91.3 Å². The van der Waals surface area contributed by atoms with E-state index in [0.29, 0.717) is 17.5 Å². The summed E-state index contributed by atoms with van der Waals surface area (Å²) in [5, 5.41) is 7.33. The minimum atomic E-state index is 0.645. The predicted molar refractivity (Wildman–Crippen MR) is 240 cm³/mol. The fraction of sp³-hybridized carbons (Fsp3) is 0. The van der Waals surface area contributed by atoms with Crippen molar-refractivity contribution in [2.75, 3.05) is 0 Å². The summed E-state index contributed by atoms with van der Waals surface area (Å²) in [6.07, 6.45) is 0. The maximum Gasteiger partial charge on any atom is 0.165 e. The van der Waals surface area contributed by atoms with Gasteiger partial charge in [0.15, 0.2) is 17.5 Å². The molecule has 4 heteroatoms. The molecular formula is C53H33N3S. The molecule has 9 aromatic carbocycles. The third kappa shape index (κ3) is 5.95. The monoisotopic (exact) mass is 743 g/mol. The van der Waals surface area contributed by atoms with E-state index in [-0.39, 0.29) is 0 Å². The minimum absolute atomic E-state index is 0.645. The Morgan fingerprint density at radius 1 is 0.281 bits per heavy atom. The van der Waals surface area contributed by atoms with Crippen molar-refractivity contribution < 1.29 is 0 Å². The lowest BCUT2D eigenvalue weighted by Crippen LogP contribution is -2.00. The smallest absolute Gasteiger partial charge is 0.165 e. The zero-order valence-electron chi connectivity index (χ0n) is 30.8. The molecule has 0 fully saturated rings. The van der Waals surface area contributed by atoms with Crippen molar-refractivity contribution >= 4 is 53.1 Å². The van der Waals surface area contributed by atoms with Crippen LogP contribution in [0.15, 0.2) is 200 Å². The van der Waals surface area contributed by atoms with Gasteiger partial charge in [0.2, 0.25) is 0 Å². The van der Waals surface area contributed by atoms with Crippen molar-refractivity contribution in [2.45, 2.75) is 0 Å². The van der Waals surface area contributed by atoms with E-state index in [0.717, 1.165) is 22.3 Å². The number of nitrogens with zero attached hydrogens (tertiary/aromatic N) is 3. The van der Waals surface area contributed by atoms with Crippen LogP contribution in [-0.2, 0) is 0 Å². The summed E-state index contributed by atoms with van der Waals surface area (Å²) < 4.78 is 2.43. The summed E-state index contributed by atoms with van der Waals surface area (Å²) in [6, 6.07) is 71.2. The van der Waals surface area contributed by atoms with Crippen LogP contribution in [0.2, 0.25) is 0 Å². The Morgan fingerprint density at radius 2 is 0.825 bits per heavy atom. The van der Waals surface area contributed by atoms with E-state index in [1.54, 1.807) is 11.3 Å². The molecule has 0 saturated heterocycles. The van der Waals surface area contributed by atoms with Gasteiger partial charge in [-0.1, -0.05) is 164 Å². The van der Waals surface area contributed by atoms with E-state index >= 15 is 0 Å². The molecule has 0 saturated carbocycles. The third-order valence-corrected chi connectivity index (χ3v) is 12.1. The number of benzene rings is 9. The molecule has 0 atom stereocenters. The lowest BCUT2D eigenvalue weighted by atomic mass is 9.90. The molecule has 0 unspecified atom stereocenters. The van der Waals surface area contributed by atoms with Crippen LogP contribution in [0.4, 0.5) is 0 Å². The van der Waals surface area contributed by atoms with Crippen LogP contribution < -0.4 is 0 Å². The maximum atomic E-state index is 5.22. The Balaban J connectivity index is 1.04. The van der Waals surface area contributed by atoms with E-state index in [4.69, 9.17) is 15.0 Å². The molecule has 0 spiro atoms. The molecule has 0 bridgehead atoms. The van der Waals surface area contributed by atoms with Gasteiger partial charge in [-0.3, -0.25) is 0 Å². The first kappa shape index (κ1) is 33.1. The summed E-state index contributed by atoms with van der Waals surface area (Å²) in [7, 11) is 0. The lowest BCUT2D eigenvalue weighted by Gasteiger charge is -2.14. The second-order valence-corrected chi connectivity index (χ2v) is 15.4. The molecule has 0 aliphatic rings. The molecule has 0 amide bonds. The fourth-order valence-corrected chi connectivity index (χ4v) is 9.33. The van der Waals surface area contributed by atoms with Crippen LogP contribution in [0.25, 0.3) is 109 Å². The summed E-state index contributed by atoms with van der Waals surface area (Å²) >= 11 is 1.79. The van der Waals surface area contributed by atoms with Crippen molar-refractivity contribution in [3.63, 3.8) is 0 Å². The fourth-order valence-electron chi connectivity index (χ4n) is 8.12. The molecule has 11 aromatic rings.